The molecular weight excluding hydrogens is 382 g/mol. The maximum absolute atomic E-state index is 12.7. The molecule has 160 valence electrons. The molecule has 2 aromatic carbocycles. The Hall–Kier alpha value is -2.97. The van der Waals surface area contributed by atoms with Crippen LogP contribution in [0.25, 0.3) is 10.8 Å². The molecule has 1 aliphatic heterocycles. The summed E-state index contributed by atoms with van der Waals surface area (Å²) in [7, 11) is 0. The van der Waals surface area contributed by atoms with E-state index in [1.807, 2.05) is 42.5 Å². The highest BCUT2D eigenvalue weighted by atomic mass is 16.2. The van der Waals surface area contributed by atoms with Gasteiger partial charge in [0.15, 0.2) is 6.04 Å². The Morgan fingerprint density at radius 1 is 0.833 bits per heavy atom. The first-order valence-corrected chi connectivity index (χ1v) is 10.4. The summed E-state index contributed by atoms with van der Waals surface area (Å²) in [5, 5.41) is 16.5. The summed E-state index contributed by atoms with van der Waals surface area (Å²) in [6, 6.07) is 12.3. The van der Waals surface area contributed by atoms with Crippen LogP contribution in [0.4, 0.5) is 0 Å². The van der Waals surface area contributed by atoms with Crippen molar-refractivity contribution in [3.63, 3.8) is 0 Å². The lowest BCUT2D eigenvalue weighted by molar-refractivity contribution is -0.136. The van der Waals surface area contributed by atoms with Crippen molar-refractivity contribution in [2.45, 2.75) is 18.9 Å². The van der Waals surface area contributed by atoms with Crippen molar-refractivity contribution in [1.29, 1.82) is 0 Å². The standard InChI is InChI=1S/C22H29N5O3/c28-19(15-17-7-3-6-16-5-1-2-8-18(16)17)27-20-21(29)25-13-11-23-9-4-10-24-12-14-26-22(20)30/h1-3,5-8,20,23-24H,4,9-15H2,(H,25,29)(H,26,30)(H,27,28). The minimum absolute atomic E-state index is 0.0848. The molecule has 0 bridgehead atoms. The molecule has 8 heteroatoms. The molecule has 1 heterocycles. The SMILES string of the molecule is O=C(Cc1cccc2ccccc12)NC1C(=O)NCCNCCCNCCNC1=O. The van der Waals surface area contributed by atoms with Crippen LogP contribution in [0.15, 0.2) is 42.5 Å². The van der Waals surface area contributed by atoms with Gasteiger partial charge >= 0.3 is 0 Å². The highest BCUT2D eigenvalue weighted by Gasteiger charge is 2.28. The van der Waals surface area contributed by atoms with Crippen molar-refractivity contribution in [1.82, 2.24) is 26.6 Å². The number of hydrogen-bond acceptors (Lipinski definition) is 5. The summed E-state index contributed by atoms with van der Waals surface area (Å²) in [5.74, 6) is -1.39. The first-order valence-electron chi connectivity index (χ1n) is 10.4. The van der Waals surface area contributed by atoms with Crippen LogP contribution in [0.3, 0.4) is 0 Å². The number of amides is 3. The summed E-state index contributed by atoms with van der Waals surface area (Å²) in [6.07, 6.45) is 1.05. The molecule has 0 saturated carbocycles. The number of rotatable bonds is 3. The van der Waals surface area contributed by atoms with Gasteiger partial charge in [-0.1, -0.05) is 42.5 Å². The van der Waals surface area contributed by atoms with Crippen LogP contribution in [0.1, 0.15) is 12.0 Å². The molecule has 0 unspecified atom stereocenters. The van der Waals surface area contributed by atoms with Gasteiger partial charge in [-0.3, -0.25) is 14.4 Å². The van der Waals surface area contributed by atoms with Gasteiger partial charge < -0.3 is 26.6 Å². The monoisotopic (exact) mass is 411 g/mol. The Labute approximate surface area is 176 Å². The van der Waals surface area contributed by atoms with E-state index in [1.165, 1.54) is 0 Å². The second-order valence-corrected chi connectivity index (χ2v) is 7.25. The van der Waals surface area contributed by atoms with E-state index < -0.39 is 17.9 Å². The molecule has 0 aliphatic carbocycles. The quantitative estimate of drug-likeness (QED) is 0.445. The first-order chi connectivity index (χ1) is 14.6. The predicted molar refractivity (Wildman–Crippen MR) is 116 cm³/mol. The van der Waals surface area contributed by atoms with E-state index >= 15 is 0 Å². The lowest BCUT2D eigenvalue weighted by atomic mass is 10.0. The van der Waals surface area contributed by atoms with Gasteiger partial charge in [0.25, 0.3) is 11.8 Å². The summed E-state index contributed by atoms with van der Waals surface area (Å²) in [5.41, 5.74) is 0.848. The number of carbonyl (C=O) groups excluding carboxylic acids is 3. The predicted octanol–water partition coefficient (Wildman–Crippen LogP) is -0.318. The van der Waals surface area contributed by atoms with Crippen LogP contribution < -0.4 is 26.6 Å². The molecule has 0 atom stereocenters. The van der Waals surface area contributed by atoms with E-state index in [-0.39, 0.29) is 12.3 Å². The first kappa shape index (κ1) is 21.7. The maximum atomic E-state index is 12.7. The lowest BCUT2D eigenvalue weighted by Gasteiger charge is -2.19. The van der Waals surface area contributed by atoms with Crippen LogP contribution in [0, 0.1) is 0 Å². The lowest BCUT2D eigenvalue weighted by Crippen LogP contribution is -2.56. The average molecular weight is 412 g/mol. The molecule has 3 amide bonds. The van der Waals surface area contributed by atoms with Crippen molar-refractivity contribution < 1.29 is 14.4 Å². The number of hydrogen-bond donors (Lipinski definition) is 5. The Morgan fingerprint density at radius 2 is 1.47 bits per heavy atom. The fourth-order valence-corrected chi connectivity index (χ4v) is 3.42. The third kappa shape index (κ3) is 6.27. The van der Waals surface area contributed by atoms with Crippen molar-refractivity contribution in [2.75, 3.05) is 39.3 Å². The zero-order chi connectivity index (χ0) is 21.2. The molecular formula is C22H29N5O3. The highest BCUT2D eigenvalue weighted by Crippen LogP contribution is 2.18. The Kier molecular flexibility index (Phi) is 8.17. The van der Waals surface area contributed by atoms with E-state index in [1.54, 1.807) is 0 Å². The smallest absolute Gasteiger partial charge is 0.252 e. The van der Waals surface area contributed by atoms with Gasteiger partial charge in [-0.25, -0.2) is 0 Å². The van der Waals surface area contributed by atoms with Gasteiger partial charge in [0.05, 0.1) is 6.42 Å². The van der Waals surface area contributed by atoms with Crippen LogP contribution >= 0.6 is 0 Å². The molecule has 1 fully saturated rings. The Bertz CT molecular complexity index is 857. The summed E-state index contributed by atoms with van der Waals surface area (Å²) in [4.78, 5) is 37.8. The molecule has 1 aliphatic rings. The fourth-order valence-electron chi connectivity index (χ4n) is 3.42. The number of fused-ring (bicyclic) bond motifs is 1. The van der Waals surface area contributed by atoms with Crippen molar-refractivity contribution in [2.24, 2.45) is 0 Å². The molecule has 3 rings (SSSR count). The number of carbonyl (C=O) groups is 3. The molecule has 0 aromatic heterocycles. The summed E-state index contributed by atoms with van der Waals surface area (Å²) < 4.78 is 0. The van der Waals surface area contributed by atoms with Gasteiger partial charge in [0.2, 0.25) is 5.91 Å². The average Bonchev–Trinajstić information content (AvgIpc) is 2.75. The van der Waals surface area contributed by atoms with Crippen LogP contribution in [0.5, 0.6) is 0 Å². The minimum atomic E-state index is -1.27. The maximum Gasteiger partial charge on any atom is 0.252 e. The molecule has 8 nitrogen and oxygen atoms in total. The molecule has 1 saturated heterocycles. The third-order valence-electron chi connectivity index (χ3n) is 4.97. The van der Waals surface area contributed by atoms with Crippen LogP contribution in [-0.2, 0) is 20.8 Å². The van der Waals surface area contributed by atoms with Crippen molar-refractivity contribution in [3.8, 4) is 0 Å². The van der Waals surface area contributed by atoms with E-state index in [0.717, 1.165) is 35.8 Å². The zero-order valence-electron chi connectivity index (χ0n) is 17.0. The number of benzene rings is 2. The Morgan fingerprint density at radius 3 is 2.17 bits per heavy atom. The minimum Gasteiger partial charge on any atom is -0.353 e. The molecule has 0 radical (unpaired) electrons. The second kappa shape index (κ2) is 11.3. The van der Waals surface area contributed by atoms with E-state index in [2.05, 4.69) is 26.6 Å². The normalized spacial score (nSPS) is 17.6. The fraction of sp³-hybridized carbons (Fsp3) is 0.409. The number of nitrogens with one attached hydrogen (secondary N) is 5. The van der Waals surface area contributed by atoms with Crippen molar-refractivity contribution in [3.05, 3.63) is 48.0 Å². The Balaban J connectivity index is 1.67. The second-order valence-electron chi connectivity index (χ2n) is 7.25. The van der Waals surface area contributed by atoms with Gasteiger partial charge in [-0.2, -0.15) is 0 Å². The van der Waals surface area contributed by atoms with E-state index in [4.69, 9.17) is 0 Å². The van der Waals surface area contributed by atoms with Gasteiger partial charge in [-0.05, 0) is 35.8 Å². The summed E-state index contributed by atoms with van der Waals surface area (Å²) >= 11 is 0. The molecule has 30 heavy (non-hydrogen) atoms. The topological polar surface area (TPSA) is 111 Å². The largest absolute Gasteiger partial charge is 0.353 e. The van der Waals surface area contributed by atoms with Crippen molar-refractivity contribution >= 4 is 28.5 Å². The molecule has 5 N–H and O–H groups in total. The zero-order valence-corrected chi connectivity index (χ0v) is 17.0. The molecule has 0 spiro atoms. The van der Waals surface area contributed by atoms with E-state index in [9.17, 15) is 14.4 Å². The van der Waals surface area contributed by atoms with Gasteiger partial charge in [0, 0.05) is 26.2 Å². The third-order valence-corrected chi connectivity index (χ3v) is 4.97. The van der Waals surface area contributed by atoms with Gasteiger partial charge in [0.1, 0.15) is 0 Å². The van der Waals surface area contributed by atoms with Crippen LogP contribution in [-0.4, -0.2) is 63.0 Å². The van der Waals surface area contributed by atoms with Gasteiger partial charge in [-0.15, -0.1) is 0 Å². The summed E-state index contributed by atoms with van der Waals surface area (Å²) in [6.45, 7) is 3.67. The van der Waals surface area contributed by atoms with Crippen LogP contribution in [0.2, 0.25) is 0 Å². The highest BCUT2D eigenvalue weighted by molar-refractivity contribution is 6.07. The molecule has 2 aromatic rings. The van der Waals surface area contributed by atoms with E-state index in [0.29, 0.717) is 26.2 Å².